The third-order valence-electron chi connectivity index (χ3n) is 4.49. The van der Waals surface area contributed by atoms with Crippen molar-refractivity contribution < 1.29 is 8.42 Å². The van der Waals surface area contributed by atoms with Crippen LogP contribution in [0.2, 0.25) is 10.0 Å². The fraction of sp³-hybridized carbons (Fsp3) is 0.167. The number of sulfonamides is 1. The van der Waals surface area contributed by atoms with E-state index in [1.54, 1.807) is 12.3 Å². The van der Waals surface area contributed by atoms with Crippen molar-refractivity contribution in [2.45, 2.75) is 11.3 Å². The average molecular weight is 408 g/mol. The van der Waals surface area contributed by atoms with E-state index in [-0.39, 0.29) is 21.5 Å². The van der Waals surface area contributed by atoms with Gasteiger partial charge in [0.25, 0.3) is 0 Å². The first kappa shape index (κ1) is 17.5. The molecule has 3 aromatic rings. The molecule has 0 bridgehead atoms. The summed E-state index contributed by atoms with van der Waals surface area (Å²) in [6.07, 6.45) is 6.18. The highest BCUT2D eigenvalue weighted by Crippen LogP contribution is 2.34. The van der Waals surface area contributed by atoms with Gasteiger partial charge in [-0.25, -0.2) is 13.4 Å². The Balaban J connectivity index is 1.65. The van der Waals surface area contributed by atoms with E-state index in [4.69, 9.17) is 23.2 Å². The Morgan fingerprint density at radius 1 is 1.12 bits per heavy atom. The first-order valence-corrected chi connectivity index (χ1v) is 10.2. The average Bonchev–Trinajstić information content (AvgIpc) is 3.05. The van der Waals surface area contributed by atoms with Crippen LogP contribution in [-0.2, 0) is 10.0 Å². The molecule has 0 saturated carbocycles. The summed E-state index contributed by atoms with van der Waals surface area (Å²) in [5.41, 5.74) is 2.98. The molecule has 2 aromatic heterocycles. The Kier molecular flexibility index (Phi) is 4.52. The van der Waals surface area contributed by atoms with Crippen molar-refractivity contribution in [3.05, 3.63) is 64.4 Å². The number of H-pyrrole nitrogens is 1. The van der Waals surface area contributed by atoms with Crippen molar-refractivity contribution in [1.29, 1.82) is 0 Å². The van der Waals surface area contributed by atoms with E-state index < -0.39 is 10.0 Å². The molecule has 1 aromatic carbocycles. The molecule has 1 N–H and O–H groups in total. The number of aromatic amines is 1. The molecule has 0 radical (unpaired) electrons. The van der Waals surface area contributed by atoms with Crippen molar-refractivity contribution in [3.63, 3.8) is 0 Å². The monoisotopic (exact) mass is 407 g/mol. The second-order valence-electron chi connectivity index (χ2n) is 6.00. The van der Waals surface area contributed by atoms with Gasteiger partial charge >= 0.3 is 0 Å². The minimum atomic E-state index is -3.75. The van der Waals surface area contributed by atoms with Gasteiger partial charge in [0.05, 0.1) is 10.0 Å². The number of fused-ring (bicyclic) bond motifs is 1. The topological polar surface area (TPSA) is 66.1 Å². The maximum atomic E-state index is 12.9. The lowest BCUT2D eigenvalue weighted by molar-refractivity contribution is 0.441. The van der Waals surface area contributed by atoms with Gasteiger partial charge in [-0.2, -0.15) is 4.31 Å². The smallest absolute Gasteiger partial charge is 0.246 e. The molecule has 0 saturated heterocycles. The Bertz CT molecular complexity index is 1100. The van der Waals surface area contributed by atoms with Crippen LogP contribution in [0, 0.1) is 0 Å². The van der Waals surface area contributed by atoms with Crippen molar-refractivity contribution in [3.8, 4) is 0 Å². The van der Waals surface area contributed by atoms with Gasteiger partial charge in [0.15, 0.2) is 0 Å². The van der Waals surface area contributed by atoms with Crippen LogP contribution in [0.4, 0.5) is 0 Å². The highest BCUT2D eigenvalue weighted by molar-refractivity contribution is 7.89. The fourth-order valence-corrected chi connectivity index (χ4v) is 5.67. The molecular weight excluding hydrogens is 393 g/mol. The number of pyridine rings is 1. The zero-order valence-electron chi connectivity index (χ0n) is 13.6. The van der Waals surface area contributed by atoms with Gasteiger partial charge in [-0.1, -0.05) is 35.3 Å². The first-order chi connectivity index (χ1) is 12.5. The molecule has 0 atom stereocenters. The molecule has 3 heterocycles. The molecule has 0 aliphatic carbocycles. The lowest BCUT2D eigenvalue weighted by Gasteiger charge is -2.26. The van der Waals surface area contributed by atoms with Crippen molar-refractivity contribution in [2.24, 2.45) is 0 Å². The Hall–Kier alpha value is -1.86. The second kappa shape index (κ2) is 6.70. The third-order valence-corrected chi connectivity index (χ3v) is 7.31. The molecule has 134 valence electrons. The minimum Gasteiger partial charge on any atom is -0.346 e. The number of aromatic nitrogens is 2. The summed E-state index contributed by atoms with van der Waals surface area (Å²) in [7, 11) is -3.75. The Labute approximate surface area is 161 Å². The van der Waals surface area contributed by atoms with Crippen LogP contribution in [-0.4, -0.2) is 35.8 Å². The van der Waals surface area contributed by atoms with Crippen LogP contribution < -0.4 is 0 Å². The summed E-state index contributed by atoms with van der Waals surface area (Å²) in [4.78, 5) is 7.41. The SMILES string of the molecule is O=S(=O)(c1c(Cl)cccc1Cl)N1CC=C(c2c[nH]c3ncccc23)CC1. The highest BCUT2D eigenvalue weighted by Gasteiger charge is 2.30. The van der Waals surface area contributed by atoms with E-state index in [0.29, 0.717) is 13.0 Å². The normalized spacial score (nSPS) is 16.0. The van der Waals surface area contributed by atoms with Crippen LogP contribution in [0.25, 0.3) is 16.6 Å². The van der Waals surface area contributed by atoms with Gasteiger partial charge in [-0.3, -0.25) is 0 Å². The number of hydrogen-bond donors (Lipinski definition) is 1. The largest absolute Gasteiger partial charge is 0.346 e. The lowest BCUT2D eigenvalue weighted by atomic mass is 10.0. The fourth-order valence-electron chi connectivity index (χ4n) is 3.19. The molecule has 0 fully saturated rings. The highest BCUT2D eigenvalue weighted by atomic mass is 35.5. The van der Waals surface area contributed by atoms with Gasteiger partial charge in [-0.15, -0.1) is 0 Å². The molecule has 4 rings (SSSR count). The quantitative estimate of drug-likeness (QED) is 0.701. The molecule has 8 heteroatoms. The van der Waals surface area contributed by atoms with Gasteiger partial charge < -0.3 is 4.98 Å². The van der Waals surface area contributed by atoms with Gasteiger partial charge in [0.2, 0.25) is 10.0 Å². The minimum absolute atomic E-state index is 0.0310. The molecule has 1 aliphatic heterocycles. The first-order valence-electron chi connectivity index (χ1n) is 8.04. The van der Waals surface area contributed by atoms with E-state index in [9.17, 15) is 8.42 Å². The molecule has 1 aliphatic rings. The molecule has 0 spiro atoms. The van der Waals surface area contributed by atoms with E-state index in [1.165, 1.54) is 16.4 Å². The second-order valence-corrected chi connectivity index (χ2v) is 8.68. The third kappa shape index (κ3) is 2.93. The van der Waals surface area contributed by atoms with Crippen LogP contribution >= 0.6 is 23.2 Å². The number of halogens is 2. The van der Waals surface area contributed by atoms with Crippen LogP contribution in [0.1, 0.15) is 12.0 Å². The summed E-state index contributed by atoms with van der Waals surface area (Å²) in [5, 5.41) is 1.30. The summed E-state index contributed by atoms with van der Waals surface area (Å²) in [5.74, 6) is 0. The lowest BCUT2D eigenvalue weighted by Crippen LogP contribution is -2.35. The van der Waals surface area contributed by atoms with Crippen molar-refractivity contribution >= 4 is 49.8 Å². The zero-order chi connectivity index (χ0) is 18.3. The number of benzene rings is 1. The Morgan fingerprint density at radius 3 is 2.58 bits per heavy atom. The van der Waals surface area contributed by atoms with Crippen molar-refractivity contribution in [1.82, 2.24) is 14.3 Å². The molecule has 0 amide bonds. The maximum absolute atomic E-state index is 12.9. The van der Waals surface area contributed by atoms with Crippen LogP contribution in [0.3, 0.4) is 0 Å². The molecular formula is C18H15Cl2N3O2S. The van der Waals surface area contributed by atoms with E-state index in [2.05, 4.69) is 9.97 Å². The standard InChI is InChI=1S/C18H15Cl2N3O2S/c19-15-4-1-5-16(20)17(15)26(24,25)23-9-6-12(7-10-23)14-11-22-18-13(14)3-2-8-21-18/h1-6,8,11H,7,9-10H2,(H,21,22). The zero-order valence-corrected chi connectivity index (χ0v) is 15.9. The number of nitrogens with one attached hydrogen (secondary N) is 1. The summed E-state index contributed by atoms with van der Waals surface area (Å²) in [6, 6.07) is 8.58. The van der Waals surface area contributed by atoms with Gasteiger partial charge in [-0.05, 0) is 36.3 Å². The van der Waals surface area contributed by atoms with E-state index in [1.807, 2.05) is 24.4 Å². The van der Waals surface area contributed by atoms with Crippen LogP contribution in [0.5, 0.6) is 0 Å². The summed E-state index contributed by atoms with van der Waals surface area (Å²) < 4.78 is 27.3. The maximum Gasteiger partial charge on any atom is 0.246 e. The predicted molar refractivity (Wildman–Crippen MR) is 104 cm³/mol. The van der Waals surface area contributed by atoms with E-state index >= 15 is 0 Å². The summed E-state index contributed by atoms with van der Waals surface area (Å²) in [6.45, 7) is 0.634. The molecule has 0 unspecified atom stereocenters. The Morgan fingerprint density at radius 2 is 1.88 bits per heavy atom. The van der Waals surface area contributed by atoms with E-state index in [0.717, 1.165) is 22.2 Å². The van der Waals surface area contributed by atoms with Crippen LogP contribution in [0.15, 0.2) is 53.7 Å². The van der Waals surface area contributed by atoms with Gasteiger partial charge in [0, 0.05) is 36.4 Å². The number of hydrogen-bond acceptors (Lipinski definition) is 3. The van der Waals surface area contributed by atoms with Crippen molar-refractivity contribution in [2.75, 3.05) is 13.1 Å². The summed E-state index contributed by atoms with van der Waals surface area (Å²) >= 11 is 12.2. The van der Waals surface area contributed by atoms with Gasteiger partial charge in [0.1, 0.15) is 10.5 Å². The number of rotatable bonds is 3. The number of nitrogens with zero attached hydrogens (tertiary/aromatic N) is 2. The molecule has 5 nitrogen and oxygen atoms in total. The predicted octanol–water partition coefficient (Wildman–Crippen LogP) is 4.35. The molecule has 26 heavy (non-hydrogen) atoms.